The first-order chi connectivity index (χ1) is 12.8. The number of hydrogen-bond donors (Lipinski definition) is 2. The first-order valence-electron chi connectivity index (χ1n) is 8.46. The molecule has 0 radical (unpaired) electrons. The second-order valence-corrected chi connectivity index (χ2v) is 10.2. The van der Waals surface area contributed by atoms with Gasteiger partial charge < -0.3 is 5.32 Å². The number of nitrogens with one attached hydrogen (secondary N) is 2. The normalized spacial score (nSPS) is 12.9. The summed E-state index contributed by atoms with van der Waals surface area (Å²) in [6.45, 7) is 3.95. The highest BCUT2D eigenvalue weighted by atomic mass is 32.2. The van der Waals surface area contributed by atoms with E-state index in [4.69, 9.17) is 0 Å². The lowest BCUT2D eigenvalue weighted by Crippen LogP contribution is -2.49. The largest absolute Gasteiger partial charge is 0.354 e. The maximum atomic E-state index is 13.5. The molecular formula is C18H23FN2O3S3. The summed E-state index contributed by atoms with van der Waals surface area (Å²) in [5, 5.41) is 4.43. The van der Waals surface area contributed by atoms with Crippen molar-refractivity contribution in [1.82, 2.24) is 10.0 Å². The van der Waals surface area contributed by atoms with Crippen LogP contribution in [0.15, 0.2) is 46.0 Å². The van der Waals surface area contributed by atoms with Crippen molar-refractivity contribution in [2.45, 2.75) is 29.9 Å². The maximum Gasteiger partial charge on any atom is 0.250 e. The van der Waals surface area contributed by atoms with Crippen molar-refractivity contribution in [2.24, 2.45) is 5.92 Å². The van der Waals surface area contributed by atoms with Crippen molar-refractivity contribution < 1.29 is 17.6 Å². The predicted molar refractivity (Wildman–Crippen MR) is 109 cm³/mol. The van der Waals surface area contributed by atoms with Crippen LogP contribution in [-0.4, -0.2) is 32.7 Å². The number of sulfonamides is 1. The van der Waals surface area contributed by atoms with E-state index in [0.29, 0.717) is 23.6 Å². The molecule has 1 aromatic carbocycles. The standard InChI is InChI=1S/C18H23FN2O3S3/c1-13(2)17(21-27(23,24)16-8-5-10-26-16)18(22)20-9-11-25-12-14-6-3-4-7-15(14)19/h3-8,10,13,17,21H,9,11-12H2,1-2H3,(H,20,22)/t17-/m1/s1. The second kappa shape index (κ2) is 10.2. The molecule has 0 fully saturated rings. The summed E-state index contributed by atoms with van der Waals surface area (Å²) in [7, 11) is -3.72. The fourth-order valence-corrected chi connectivity index (χ4v) is 5.49. The molecule has 2 N–H and O–H groups in total. The van der Waals surface area contributed by atoms with Crippen LogP contribution in [0.3, 0.4) is 0 Å². The van der Waals surface area contributed by atoms with Crippen LogP contribution in [0.25, 0.3) is 0 Å². The third kappa shape index (κ3) is 6.60. The third-order valence-corrected chi connectivity index (χ3v) is 7.60. The van der Waals surface area contributed by atoms with Gasteiger partial charge in [-0.2, -0.15) is 16.5 Å². The number of hydrogen-bond acceptors (Lipinski definition) is 5. The molecule has 1 atom stereocenters. The lowest BCUT2D eigenvalue weighted by atomic mass is 10.1. The first-order valence-corrected chi connectivity index (χ1v) is 12.0. The molecule has 0 bridgehead atoms. The highest BCUT2D eigenvalue weighted by Gasteiger charge is 2.28. The Balaban J connectivity index is 1.82. The number of thioether (sulfide) groups is 1. The molecule has 27 heavy (non-hydrogen) atoms. The quantitative estimate of drug-likeness (QED) is 0.568. The lowest BCUT2D eigenvalue weighted by molar-refractivity contribution is -0.123. The SMILES string of the molecule is CC(C)[C@@H](NS(=O)(=O)c1cccs1)C(=O)NCCSCc1ccccc1F. The number of rotatable bonds is 10. The molecule has 148 valence electrons. The van der Waals surface area contributed by atoms with Crippen molar-refractivity contribution in [1.29, 1.82) is 0 Å². The highest BCUT2D eigenvalue weighted by molar-refractivity contribution is 7.98. The molecule has 0 aliphatic heterocycles. The molecule has 5 nitrogen and oxygen atoms in total. The summed E-state index contributed by atoms with van der Waals surface area (Å²) in [4.78, 5) is 12.4. The van der Waals surface area contributed by atoms with E-state index < -0.39 is 16.1 Å². The Kier molecular flexibility index (Phi) is 8.28. The summed E-state index contributed by atoms with van der Waals surface area (Å²) in [5.41, 5.74) is 0.623. The zero-order chi connectivity index (χ0) is 19.9. The van der Waals surface area contributed by atoms with E-state index in [1.165, 1.54) is 23.9 Å². The van der Waals surface area contributed by atoms with Crippen LogP contribution >= 0.6 is 23.1 Å². The lowest BCUT2D eigenvalue weighted by Gasteiger charge is -2.21. The fraction of sp³-hybridized carbons (Fsp3) is 0.389. The molecule has 0 saturated carbocycles. The van der Waals surface area contributed by atoms with Gasteiger partial charge in [0.1, 0.15) is 16.1 Å². The third-order valence-electron chi connectivity index (χ3n) is 3.75. The van der Waals surface area contributed by atoms with Gasteiger partial charge in [-0.05, 0) is 29.0 Å². The molecule has 0 aliphatic carbocycles. The van der Waals surface area contributed by atoms with Crippen molar-refractivity contribution in [3.8, 4) is 0 Å². The predicted octanol–water partition coefficient (Wildman–Crippen LogP) is 3.24. The molecule has 0 saturated heterocycles. The number of benzene rings is 1. The Labute approximate surface area is 167 Å². The minimum atomic E-state index is -3.72. The minimum Gasteiger partial charge on any atom is -0.354 e. The van der Waals surface area contributed by atoms with Gasteiger partial charge in [-0.1, -0.05) is 38.1 Å². The highest BCUT2D eigenvalue weighted by Crippen LogP contribution is 2.17. The van der Waals surface area contributed by atoms with Crippen LogP contribution in [0.4, 0.5) is 4.39 Å². The Morgan fingerprint density at radius 2 is 1.96 bits per heavy atom. The summed E-state index contributed by atoms with van der Waals surface area (Å²) < 4.78 is 40.9. The smallest absolute Gasteiger partial charge is 0.250 e. The van der Waals surface area contributed by atoms with Crippen molar-refractivity contribution in [2.75, 3.05) is 12.3 Å². The van der Waals surface area contributed by atoms with Gasteiger partial charge in [-0.15, -0.1) is 11.3 Å². The molecule has 2 aromatic rings. The van der Waals surface area contributed by atoms with E-state index >= 15 is 0 Å². The molecule has 1 aromatic heterocycles. The van der Waals surface area contributed by atoms with Crippen LogP contribution < -0.4 is 10.0 Å². The molecule has 9 heteroatoms. The average molecular weight is 431 g/mol. The molecule has 0 spiro atoms. The average Bonchev–Trinajstić information content (AvgIpc) is 3.16. The van der Waals surface area contributed by atoms with Crippen molar-refractivity contribution in [3.05, 3.63) is 53.2 Å². The van der Waals surface area contributed by atoms with Gasteiger partial charge >= 0.3 is 0 Å². The zero-order valence-corrected chi connectivity index (χ0v) is 17.6. The van der Waals surface area contributed by atoms with E-state index in [9.17, 15) is 17.6 Å². The number of amides is 1. The van der Waals surface area contributed by atoms with Gasteiger partial charge in [0.15, 0.2) is 0 Å². The number of carbonyl (C=O) groups is 1. The maximum absolute atomic E-state index is 13.5. The molecule has 1 amide bonds. The van der Waals surface area contributed by atoms with E-state index in [1.54, 1.807) is 43.5 Å². The van der Waals surface area contributed by atoms with Gasteiger partial charge in [0.2, 0.25) is 5.91 Å². The van der Waals surface area contributed by atoms with E-state index in [2.05, 4.69) is 10.0 Å². The van der Waals surface area contributed by atoms with Crippen LogP contribution in [-0.2, 0) is 20.6 Å². The Bertz CT molecular complexity index is 839. The molecule has 2 rings (SSSR count). The Morgan fingerprint density at radius 1 is 1.22 bits per heavy atom. The fourth-order valence-electron chi connectivity index (χ4n) is 2.29. The van der Waals surface area contributed by atoms with E-state index in [-0.39, 0.29) is 21.9 Å². The van der Waals surface area contributed by atoms with Crippen LogP contribution in [0.1, 0.15) is 19.4 Å². The van der Waals surface area contributed by atoms with Gasteiger partial charge in [-0.3, -0.25) is 4.79 Å². The van der Waals surface area contributed by atoms with Gasteiger partial charge in [-0.25, -0.2) is 12.8 Å². The van der Waals surface area contributed by atoms with Crippen molar-refractivity contribution >= 4 is 39.0 Å². The summed E-state index contributed by atoms with van der Waals surface area (Å²) >= 11 is 2.60. The van der Waals surface area contributed by atoms with E-state index in [0.717, 1.165) is 11.3 Å². The molecule has 1 heterocycles. The Morgan fingerprint density at radius 3 is 2.59 bits per heavy atom. The van der Waals surface area contributed by atoms with Crippen LogP contribution in [0.2, 0.25) is 0 Å². The Hall–Kier alpha value is -1.42. The molecule has 0 aliphatic rings. The van der Waals surface area contributed by atoms with Gasteiger partial charge in [0.05, 0.1) is 0 Å². The second-order valence-electron chi connectivity index (χ2n) is 6.21. The van der Waals surface area contributed by atoms with Crippen LogP contribution in [0.5, 0.6) is 0 Å². The summed E-state index contributed by atoms with van der Waals surface area (Å²) in [6.07, 6.45) is 0. The summed E-state index contributed by atoms with van der Waals surface area (Å²) in [5.74, 6) is 0.309. The van der Waals surface area contributed by atoms with Gasteiger partial charge in [0.25, 0.3) is 10.0 Å². The minimum absolute atomic E-state index is 0.182. The zero-order valence-electron chi connectivity index (χ0n) is 15.1. The molecule has 0 unspecified atom stereocenters. The first kappa shape index (κ1) is 21.9. The van der Waals surface area contributed by atoms with E-state index in [1.807, 2.05) is 0 Å². The molecular weight excluding hydrogens is 407 g/mol. The van der Waals surface area contributed by atoms with Crippen molar-refractivity contribution in [3.63, 3.8) is 0 Å². The van der Waals surface area contributed by atoms with Gasteiger partial charge in [0, 0.05) is 18.1 Å². The number of thiophene rings is 1. The summed E-state index contributed by atoms with van der Waals surface area (Å²) in [6, 6.07) is 8.88. The topological polar surface area (TPSA) is 75.3 Å². The van der Waals surface area contributed by atoms with Crippen LogP contribution in [0, 0.1) is 11.7 Å². The monoisotopic (exact) mass is 430 g/mol. The number of carbonyl (C=O) groups excluding carboxylic acids is 1. The number of halogens is 1.